The van der Waals surface area contributed by atoms with Crippen molar-refractivity contribution in [2.75, 3.05) is 0 Å². The molecule has 0 amide bonds. The fourth-order valence-electron chi connectivity index (χ4n) is 4.84. The molecule has 6 rings (SSSR count). The SMILES string of the molecule is [2H]C1([2H])CC[Se]c2cccc(-c3c(C#N)ccc4c3oc3c(-c5cccc[n+]5C)c(C)ccc34)c21. The third kappa shape index (κ3) is 3.12. The molecule has 0 unspecified atom stereocenters. The number of hydrogen-bond acceptors (Lipinski definition) is 2. The van der Waals surface area contributed by atoms with Crippen LogP contribution >= 0.6 is 0 Å². The van der Waals surface area contributed by atoms with Crippen molar-refractivity contribution < 1.29 is 11.7 Å². The Labute approximate surface area is 202 Å². The van der Waals surface area contributed by atoms with Gasteiger partial charge in [0.1, 0.15) is 0 Å². The van der Waals surface area contributed by atoms with Gasteiger partial charge < -0.3 is 0 Å². The second-order valence-electron chi connectivity index (χ2n) is 8.36. The molecule has 160 valence electrons. The first kappa shape index (κ1) is 18.1. The van der Waals surface area contributed by atoms with Gasteiger partial charge in [0.2, 0.25) is 0 Å². The zero-order valence-corrected chi connectivity index (χ0v) is 20.2. The van der Waals surface area contributed by atoms with Gasteiger partial charge in [-0.1, -0.05) is 0 Å². The van der Waals surface area contributed by atoms with Crippen molar-refractivity contribution in [3.63, 3.8) is 0 Å². The summed E-state index contributed by atoms with van der Waals surface area (Å²) in [5.74, 6) is 0. The number of aromatic nitrogens is 1. The molecule has 0 atom stereocenters. The van der Waals surface area contributed by atoms with Gasteiger partial charge in [-0.3, -0.25) is 0 Å². The van der Waals surface area contributed by atoms with Crippen LogP contribution in [0.2, 0.25) is 5.32 Å². The number of nitriles is 1. The molecule has 0 fully saturated rings. The molecule has 3 heterocycles. The van der Waals surface area contributed by atoms with Crippen LogP contribution in [0.5, 0.6) is 0 Å². The molecule has 0 N–H and O–H groups in total. The van der Waals surface area contributed by atoms with E-state index in [0.717, 1.165) is 54.1 Å². The van der Waals surface area contributed by atoms with E-state index in [9.17, 15) is 5.26 Å². The molecule has 0 bridgehead atoms. The minimum atomic E-state index is -1.44. The molecule has 0 radical (unpaired) electrons. The Morgan fingerprint density at radius 3 is 2.64 bits per heavy atom. The van der Waals surface area contributed by atoms with Gasteiger partial charge >= 0.3 is 202 Å². The van der Waals surface area contributed by atoms with E-state index >= 15 is 0 Å². The Hall–Kier alpha value is -3.38. The number of benzene rings is 3. The van der Waals surface area contributed by atoms with Crippen LogP contribution in [0.4, 0.5) is 0 Å². The van der Waals surface area contributed by atoms with Crippen LogP contribution in [-0.4, -0.2) is 15.0 Å². The Bertz CT molecular complexity index is 1700. The van der Waals surface area contributed by atoms with Crippen LogP contribution in [0.1, 0.15) is 25.9 Å². The summed E-state index contributed by atoms with van der Waals surface area (Å²) in [6, 6.07) is 22.4. The van der Waals surface area contributed by atoms with Crippen LogP contribution in [0.15, 0.2) is 71.3 Å². The summed E-state index contributed by atoms with van der Waals surface area (Å²) in [7, 11) is 2.02. The maximum atomic E-state index is 10.1. The summed E-state index contributed by atoms with van der Waals surface area (Å²) in [6.45, 7) is 2.08. The first-order valence-corrected chi connectivity index (χ1v) is 13.1. The third-order valence-corrected chi connectivity index (χ3v) is 8.63. The number of fused-ring (bicyclic) bond motifs is 4. The monoisotopic (exact) mass is 497 g/mol. The summed E-state index contributed by atoms with van der Waals surface area (Å²) in [5.41, 5.74) is 7.31. The number of hydrogen-bond donors (Lipinski definition) is 0. The quantitative estimate of drug-likeness (QED) is 0.235. The van der Waals surface area contributed by atoms with Gasteiger partial charge in [-0.25, -0.2) is 0 Å². The van der Waals surface area contributed by atoms with Gasteiger partial charge in [-0.15, -0.1) is 0 Å². The van der Waals surface area contributed by atoms with Crippen molar-refractivity contribution in [2.45, 2.75) is 25.0 Å². The Morgan fingerprint density at radius 1 is 1.00 bits per heavy atom. The summed E-state index contributed by atoms with van der Waals surface area (Å²) < 4.78 is 27.4. The van der Waals surface area contributed by atoms with E-state index < -0.39 is 6.37 Å². The van der Waals surface area contributed by atoms with E-state index in [1.165, 1.54) is 0 Å². The number of rotatable bonds is 2. The Morgan fingerprint density at radius 2 is 1.82 bits per heavy atom. The third-order valence-electron chi connectivity index (χ3n) is 6.41. The van der Waals surface area contributed by atoms with Crippen molar-refractivity contribution in [2.24, 2.45) is 7.05 Å². The van der Waals surface area contributed by atoms with Crippen molar-refractivity contribution in [3.8, 4) is 28.5 Å². The predicted octanol–water partition coefficient (Wildman–Crippen LogP) is 5.62. The second kappa shape index (κ2) is 7.88. The van der Waals surface area contributed by atoms with Crippen molar-refractivity contribution >= 4 is 41.4 Å². The van der Waals surface area contributed by atoms with E-state index in [1.54, 1.807) is 0 Å². The molecule has 3 nitrogen and oxygen atoms in total. The van der Waals surface area contributed by atoms with E-state index in [1.807, 2.05) is 55.7 Å². The molecule has 33 heavy (non-hydrogen) atoms. The van der Waals surface area contributed by atoms with Crippen molar-refractivity contribution in [1.82, 2.24) is 0 Å². The van der Waals surface area contributed by atoms with E-state index in [-0.39, 0.29) is 15.0 Å². The molecule has 1 aliphatic heterocycles. The minimum absolute atomic E-state index is 0.220. The van der Waals surface area contributed by atoms with Gasteiger partial charge in [0, 0.05) is 0 Å². The van der Waals surface area contributed by atoms with Gasteiger partial charge in [0.25, 0.3) is 0 Å². The molecule has 3 aromatic carbocycles. The summed E-state index contributed by atoms with van der Waals surface area (Å²) >= 11 is 0.220. The molecular weight excluding hydrogens is 471 g/mol. The average Bonchev–Trinajstić information content (AvgIpc) is 3.22. The number of aryl methyl sites for hydroxylation is 2. The Balaban J connectivity index is 1.75. The van der Waals surface area contributed by atoms with Gasteiger partial charge in [-0.05, 0) is 0 Å². The average molecular weight is 496 g/mol. The van der Waals surface area contributed by atoms with Gasteiger partial charge in [-0.2, -0.15) is 0 Å². The first-order chi connectivity index (χ1) is 16.9. The number of pyridine rings is 1. The first-order valence-electron chi connectivity index (χ1n) is 12.0. The number of nitrogens with zero attached hydrogens (tertiary/aromatic N) is 2. The molecule has 2 aromatic heterocycles. The predicted molar refractivity (Wildman–Crippen MR) is 134 cm³/mol. The summed E-state index contributed by atoms with van der Waals surface area (Å²) in [4.78, 5) is 0. The van der Waals surface area contributed by atoms with Crippen LogP contribution < -0.4 is 9.03 Å². The van der Waals surface area contributed by atoms with Crippen molar-refractivity contribution in [1.29, 1.82) is 5.26 Å². The van der Waals surface area contributed by atoms with E-state index in [2.05, 4.69) is 35.8 Å². The summed E-state index contributed by atoms with van der Waals surface area (Å²) in [5, 5.41) is 12.9. The van der Waals surface area contributed by atoms with Gasteiger partial charge in [0.05, 0.1) is 0 Å². The molecule has 0 saturated heterocycles. The Kier molecular flexibility index (Phi) is 4.32. The standard InChI is InChI=1S/C29H23N2OSe/c1-18-11-13-22-23-14-12-19(17-30)27(21-7-5-10-25-20(21)8-6-16-33-25)29(23)32-28(22)26(18)24-9-3-4-15-31(24)2/h3-5,7,9-15H,6,8,16H2,1-2H3/q+1/i8D2. The van der Waals surface area contributed by atoms with Gasteiger partial charge in [0.15, 0.2) is 0 Å². The molecule has 0 spiro atoms. The summed E-state index contributed by atoms with van der Waals surface area (Å²) in [6.07, 6.45) is 1.09. The van der Waals surface area contributed by atoms with E-state index in [4.69, 9.17) is 7.16 Å². The maximum absolute atomic E-state index is 10.1. The normalized spacial score (nSPS) is 15.7. The molecule has 5 aromatic rings. The zero-order valence-electron chi connectivity index (χ0n) is 20.5. The molecule has 0 saturated carbocycles. The van der Waals surface area contributed by atoms with Crippen LogP contribution in [0, 0.1) is 18.3 Å². The number of furan rings is 1. The molecule has 1 aliphatic rings. The second-order valence-corrected chi connectivity index (χ2v) is 10.7. The fourth-order valence-corrected chi connectivity index (χ4v) is 6.78. The molecule has 4 heteroatoms. The van der Waals surface area contributed by atoms with E-state index in [0.29, 0.717) is 23.1 Å². The van der Waals surface area contributed by atoms with Crippen LogP contribution in [0.25, 0.3) is 44.3 Å². The zero-order chi connectivity index (χ0) is 24.3. The van der Waals surface area contributed by atoms with Crippen LogP contribution in [-0.2, 0) is 13.4 Å². The topological polar surface area (TPSA) is 40.8 Å². The fraction of sp³-hybridized carbons (Fsp3) is 0.172. The van der Waals surface area contributed by atoms with Crippen LogP contribution in [0.3, 0.4) is 0 Å². The van der Waals surface area contributed by atoms with Crippen molar-refractivity contribution in [3.05, 3.63) is 83.6 Å². The molecule has 0 aliphatic carbocycles. The molecular formula is C29H23N2OSe+.